The lowest BCUT2D eigenvalue weighted by Crippen LogP contribution is -2.64. The van der Waals surface area contributed by atoms with E-state index in [1.807, 2.05) is 84.9 Å². The van der Waals surface area contributed by atoms with Gasteiger partial charge in [-0.2, -0.15) is 0 Å². The summed E-state index contributed by atoms with van der Waals surface area (Å²) in [6.45, 7) is 0. The van der Waals surface area contributed by atoms with E-state index in [0.717, 1.165) is 21.9 Å². The van der Waals surface area contributed by atoms with E-state index in [0.29, 0.717) is 0 Å². The summed E-state index contributed by atoms with van der Waals surface area (Å²) in [5.74, 6) is 0.635. The number of nitrogens with zero attached hydrogens (tertiary/aromatic N) is 1. The maximum atomic E-state index is 13.2. The van der Waals surface area contributed by atoms with Crippen molar-refractivity contribution in [3.63, 3.8) is 0 Å². The van der Waals surface area contributed by atoms with Gasteiger partial charge in [-0.05, 0) is 42.0 Å². The highest BCUT2D eigenvalue weighted by molar-refractivity contribution is 8.03. The van der Waals surface area contributed by atoms with E-state index in [2.05, 4.69) is 0 Å². The molecule has 1 amide bonds. The molecule has 3 aromatic rings. The van der Waals surface area contributed by atoms with Crippen LogP contribution in [0.15, 0.2) is 89.8 Å². The fourth-order valence-corrected chi connectivity index (χ4v) is 5.02. The molecule has 0 unspecified atom stereocenters. The van der Waals surface area contributed by atoms with Crippen LogP contribution in [0.1, 0.15) is 11.6 Å². The van der Waals surface area contributed by atoms with E-state index < -0.39 is 4.21 Å². The SMILES string of the molecule is COc1ccc(N2C(=O)[C@](Cl)(Sc3ccccc3)[C@H]2c2ccccc2)cc1. The van der Waals surface area contributed by atoms with E-state index >= 15 is 0 Å². The molecule has 5 heteroatoms. The molecule has 0 radical (unpaired) electrons. The zero-order valence-electron chi connectivity index (χ0n) is 14.7. The monoisotopic (exact) mass is 395 g/mol. The molecule has 1 aliphatic rings. The lowest BCUT2D eigenvalue weighted by Gasteiger charge is -2.52. The summed E-state index contributed by atoms with van der Waals surface area (Å²) in [5.41, 5.74) is 1.81. The third-order valence-corrected chi connectivity index (χ3v) is 6.40. The number of hydrogen-bond acceptors (Lipinski definition) is 3. The Hall–Kier alpha value is -2.43. The Morgan fingerprint density at radius 2 is 1.52 bits per heavy atom. The molecule has 0 aromatic heterocycles. The van der Waals surface area contributed by atoms with Gasteiger partial charge in [0.15, 0.2) is 4.21 Å². The Kier molecular flexibility index (Phi) is 4.85. The Morgan fingerprint density at radius 1 is 0.926 bits per heavy atom. The number of benzene rings is 3. The summed E-state index contributed by atoms with van der Waals surface area (Å²) in [7, 11) is 1.62. The molecule has 27 heavy (non-hydrogen) atoms. The third kappa shape index (κ3) is 3.20. The molecule has 1 heterocycles. The van der Waals surface area contributed by atoms with Gasteiger partial charge in [-0.15, -0.1) is 0 Å². The highest BCUT2D eigenvalue weighted by Gasteiger charge is 2.61. The molecule has 3 aromatic carbocycles. The van der Waals surface area contributed by atoms with E-state index in [1.54, 1.807) is 12.0 Å². The number of amides is 1. The Morgan fingerprint density at radius 3 is 2.11 bits per heavy atom. The molecule has 1 aliphatic heterocycles. The van der Waals surface area contributed by atoms with Crippen LogP contribution >= 0.6 is 23.4 Å². The first-order valence-corrected chi connectivity index (χ1v) is 9.78. The van der Waals surface area contributed by atoms with Gasteiger partial charge < -0.3 is 4.74 Å². The Labute approximate surface area is 167 Å². The number of methoxy groups -OCH3 is 1. The maximum absolute atomic E-state index is 13.2. The average molecular weight is 396 g/mol. The van der Waals surface area contributed by atoms with E-state index in [9.17, 15) is 4.79 Å². The number of ether oxygens (including phenoxy) is 1. The summed E-state index contributed by atoms with van der Waals surface area (Å²) in [6.07, 6.45) is 0. The van der Waals surface area contributed by atoms with E-state index in [-0.39, 0.29) is 11.9 Å². The summed E-state index contributed by atoms with van der Waals surface area (Å²) in [5, 5.41) is 0. The number of β-lactam (4-membered cyclic amide) rings is 1. The van der Waals surface area contributed by atoms with Gasteiger partial charge >= 0.3 is 0 Å². The second-order valence-electron chi connectivity index (χ2n) is 6.25. The van der Waals surface area contributed by atoms with Crippen LogP contribution in [0, 0.1) is 0 Å². The molecular weight excluding hydrogens is 378 g/mol. The van der Waals surface area contributed by atoms with Crippen molar-refractivity contribution >= 4 is 35.0 Å². The molecule has 0 N–H and O–H groups in total. The largest absolute Gasteiger partial charge is 0.497 e. The molecule has 4 rings (SSSR count). The Balaban J connectivity index is 1.72. The quantitative estimate of drug-likeness (QED) is 0.421. The maximum Gasteiger partial charge on any atom is 0.262 e. The standard InChI is InChI=1S/C22H18ClNO2S/c1-26-18-14-12-17(13-15-18)24-20(16-8-4-2-5-9-16)22(23,21(24)25)27-19-10-6-3-7-11-19/h2-15,20H,1H3/t20-,22-/m1/s1. The number of alkyl halides is 1. The Bertz CT molecular complexity index is 934. The second kappa shape index (κ2) is 7.29. The summed E-state index contributed by atoms with van der Waals surface area (Å²) in [6, 6.07) is 26.9. The summed E-state index contributed by atoms with van der Waals surface area (Å²) in [4.78, 5) is 15.9. The van der Waals surface area contributed by atoms with Gasteiger partial charge in [0.05, 0.1) is 13.2 Å². The van der Waals surface area contributed by atoms with E-state index in [1.165, 1.54) is 11.8 Å². The summed E-state index contributed by atoms with van der Waals surface area (Å²) >= 11 is 8.34. The molecule has 0 aliphatic carbocycles. The van der Waals surface area contributed by atoms with Gasteiger partial charge in [0.2, 0.25) is 0 Å². The lowest BCUT2D eigenvalue weighted by atomic mass is 9.91. The van der Waals surface area contributed by atoms with Crippen LogP contribution in [0.3, 0.4) is 0 Å². The van der Waals surface area contributed by atoms with Crippen molar-refractivity contribution in [2.45, 2.75) is 15.1 Å². The van der Waals surface area contributed by atoms with Crippen molar-refractivity contribution in [1.82, 2.24) is 0 Å². The normalized spacial score (nSPS) is 21.6. The van der Waals surface area contributed by atoms with Gasteiger partial charge in [-0.25, -0.2) is 0 Å². The molecular formula is C22H18ClNO2S. The molecule has 136 valence electrons. The number of carbonyl (C=O) groups is 1. The minimum absolute atomic E-state index is 0.114. The fourth-order valence-electron chi connectivity index (χ4n) is 3.27. The number of halogens is 1. The van der Waals surface area contributed by atoms with Crippen LogP contribution in [0.25, 0.3) is 0 Å². The number of hydrogen-bond donors (Lipinski definition) is 0. The highest BCUT2D eigenvalue weighted by atomic mass is 35.5. The number of rotatable bonds is 5. The zero-order chi connectivity index (χ0) is 18.9. The second-order valence-corrected chi connectivity index (χ2v) is 8.39. The van der Waals surface area contributed by atoms with Gasteiger partial charge in [0.1, 0.15) is 5.75 Å². The first-order chi connectivity index (χ1) is 13.1. The predicted octanol–water partition coefficient (Wildman–Crippen LogP) is 5.51. The molecule has 1 saturated heterocycles. The van der Waals surface area contributed by atoms with Crippen LogP contribution in [0.5, 0.6) is 5.75 Å². The van der Waals surface area contributed by atoms with Crippen LogP contribution in [-0.2, 0) is 4.79 Å². The van der Waals surface area contributed by atoms with Crippen LogP contribution in [-0.4, -0.2) is 17.2 Å². The molecule has 1 fully saturated rings. The minimum Gasteiger partial charge on any atom is -0.497 e. The summed E-state index contributed by atoms with van der Waals surface area (Å²) < 4.78 is 4.14. The number of carbonyl (C=O) groups excluding carboxylic acids is 1. The van der Waals surface area contributed by atoms with Gasteiger partial charge in [-0.1, -0.05) is 71.9 Å². The van der Waals surface area contributed by atoms with Gasteiger partial charge in [-0.3, -0.25) is 9.69 Å². The molecule has 2 atom stereocenters. The van der Waals surface area contributed by atoms with Crippen LogP contribution in [0.4, 0.5) is 5.69 Å². The van der Waals surface area contributed by atoms with E-state index in [4.69, 9.17) is 16.3 Å². The molecule has 0 spiro atoms. The lowest BCUT2D eigenvalue weighted by molar-refractivity contribution is -0.125. The van der Waals surface area contributed by atoms with Crippen molar-refractivity contribution in [2.24, 2.45) is 0 Å². The smallest absolute Gasteiger partial charge is 0.262 e. The molecule has 3 nitrogen and oxygen atoms in total. The number of thioether (sulfide) groups is 1. The molecule has 0 saturated carbocycles. The predicted molar refractivity (Wildman–Crippen MR) is 111 cm³/mol. The van der Waals surface area contributed by atoms with Crippen LogP contribution in [0.2, 0.25) is 0 Å². The topological polar surface area (TPSA) is 29.5 Å². The van der Waals surface area contributed by atoms with Crippen molar-refractivity contribution in [3.05, 3.63) is 90.5 Å². The first-order valence-electron chi connectivity index (χ1n) is 8.59. The zero-order valence-corrected chi connectivity index (χ0v) is 16.3. The fraction of sp³-hybridized carbons (Fsp3) is 0.136. The van der Waals surface area contributed by atoms with Gasteiger partial charge in [0, 0.05) is 10.6 Å². The van der Waals surface area contributed by atoms with Crippen molar-refractivity contribution < 1.29 is 9.53 Å². The van der Waals surface area contributed by atoms with Gasteiger partial charge in [0.25, 0.3) is 5.91 Å². The number of anilines is 1. The van der Waals surface area contributed by atoms with Crippen LogP contribution < -0.4 is 9.64 Å². The van der Waals surface area contributed by atoms with Crippen molar-refractivity contribution in [3.8, 4) is 5.75 Å². The third-order valence-electron chi connectivity index (χ3n) is 4.60. The first kappa shape index (κ1) is 18.0. The molecule has 0 bridgehead atoms. The van der Waals surface area contributed by atoms with Crippen molar-refractivity contribution in [2.75, 3.05) is 12.0 Å². The van der Waals surface area contributed by atoms with Crippen molar-refractivity contribution in [1.29, 1.82) is 0 Å². The minimum atomic E-state index is -1.08. The average Bonchev–Trinajstić information content (AvgIpc) is 2.73. The highest BCUT2D eigenvalue weighted by Crippen LogP contribution is 2.58.